The Morgan fingerprint density at radius 3 is 2.69 bits per heavy atom. The standard InChI is InChI=1S/C8H7I2NO2/c1-13-8(12)5-2-3-7(11-10)6(9)4-5/h2-4,11H,1H3. The van der Waals surface area contributed by atoms with E-state index in [0.717, 1.165) is 9.26 Å². The molecule has 70 valence electrons. The van der Waals surface area contributed by atoms with E-state index in [2.05, 4.69) is 30.9 Å². The summed E-state index contributed by atoms with van der Waals surface area (Å²) >= 11 is 4.21. The normalized spacial score (nSPS) is 9.46. The lowest BCUT2D eigenvalue weighted by Gasteiger charge is -2.04. The first-order valence-corrected chi connectivity index (χ1v) is 5.59. The van der Waals surface area contributed by atoms with Gasteiger partial charge in [0.05, 0.1) is 41.2 Å². The first kappa shape index (κ1) is 11.0. The van der Waals surface area contributed by atoms with Crippen molar-refractivity contribution in [3.05, 3.63) is 27.3 Å². The third-order valence-electron chi connectivity index (χ3n) is 1.49. The lowest BCUT2D eigenvalue weighted by Crippen LogP contribution is -2.01. The van der Waals surface area contributed by atoms with Crippen LogP contribution in [0, 0.1) is 3.57 Å². The average molecular weight is 403 g/mol. The first-order valence-electron chi connectivity index (χ1n) is 3.43. The van der Waals surface area contributed by atoms with Gasteiger partial charge in [-0.25, -0.2) is 4.79 Å². The third-order valence-corrected chi connectivity index (χ3v) is 2.97. The number of carbonyl (C=O) groups excluding carboxylic acids is 1. The number of halogens is 2. The van der Waals surface area contributed by atoms with Gasteiger partial charge in [0.15, 0.2) is 0 Å². The number of carbonyl (C=O) groups is 1. The van der Waals surface area contributed by atoms with Crippen molar-refractivity contribution < 1.29 is 9.53 Å². The van der Waals surface area contributed by atoms with Crippen LogP contribution in [0.5, 0.6) is 0 Å². The van der Waals surface area contributed by atoms with E-state index in [9.17, 15) is 4.79 Å². The number of anilines is 1. The van der Waals surface area contributed by atoms with E-state index in [1.165, 1.54) is 7.11 Å². The Hall–Kier alpha value is -0.0500. The minimum absolute atomic E-state index is 0.307. The van der Waals surface area contributed by atoms with Crippen molar-refractivity contribution >= 4 is 57.1 Å². The molecule has 0 saturated carbocycles. The fourth-order valence-electron chi connectivity index (χ4n) is 0.837. The molecule has 0 fully saturated rings. The molecule has 3 nitrogen and oxygen atoms in total. The SMILES string of the molecule is COC(=O)c1ccc(NI)c(I)c1. The minimum atomic E-state index is -0.307. The summed E-state index contributed by atoms with van der Waals surface area (Å²) < 4.78 is 8.59. The van der Waals surface area contributed by atoms with Gasteiger partial charge in [0.1, 0.15) is 0 Å². The summed E-state index contributed by atoms with van der Waals surface area (Å²) in [6.07, 6.45) is 0. The molecule has 1 aromatic rings. The lowest BCUT2D eigenvalue weighted by atomic mass is 10.2. The number of methoxy groups -OCH3 is 1. The molecule has 0 saturated heterocycles. The van der Waals surface area contributed by atoms with Gasteiger partial charge in [0.25, 0.3) is 0 Å². The van der Waals surface area contributed by atoms with Crippen molar-refractivity contribution in [2.45, 2.75) is 0 Å². The maximum atomic E-state index is 11.1. The molecule has 1 aromatic carbocycles. The van der Waals surface area contributed by atoms with E-state index in [4.69, 9.17) is 0 Å². The van der Waals surface area contributed by atoms with Gasteiger partial charge in [-0.2, -0.15) is 0 Å². The Balaban J connectivity index is 3.02. The van der Waals surface area contributed by atoms with E-state index in [1.54, 1.807) is 12.1 Å². The molecule has 0 aromatic heterocycles. The molecule has 0 spiro atoms. The fraction of sp³-hybridized carbons (Fsp3) is 0.125. The molecule has 5 heteroatoms. The number of ether oxygens (including phenoxy) is 1. The summed E-state index contributed by atoms with van der Waals surface area (Å²) in [5.41, 5.74) is 1.57. The highest BCUT2D eigenvalue weighted by atomic mass is 127. The van der Waals surface area contributed by atoms with Crippen molar-refractivity contribution in [1.29, 1.82) is 0 Å². The van der Waals surface area contributed by atoms with Crippen LogP contribution < -0.4 is 3.53 Å². The molecule has 1 rings (SSSR count). The van der Waals surface area contributed by atoms with Crippen molar-refractivity contribution in [1.82, 2.24) is 0 Å². The van der Waals surface area contributed by atoms with Crippen molar-refractivity contribution in [2.24, 2.45) is 0 Å². The predicted molar refractivity (Wildman–Crippen MR) is 68.1 cm³/mol. The van der Waals surface area contributed by atoms with Crippen LogP contribution >= 0.6 is 45.5 Å². The highest BCUT2D eigenvalue weighted by Crippen LogP contribution is 2.21. The van der Waals surface area contributed by atoms with Crippen LogP contribution in [-0.2, 0) is 4.74 Å². The van der Waals surface area contributed by atoms with Gasteiger partial charge < -0.3 is 8.27 Å². The van der Waals surface area contributed by atoms with Gasteiger partial charge >= 0.3 is 5.97 Å². The van der Waals surface area contributed by atoms with Crippen LogP contribution in [-0.4, -0.2) is 13.1 Å². The Morgan fingerprint density at radius 2 is 2.23 bits per heavy atom. The van der Waals surface area contributed by atoms with Crippen LogP contribution in [0.15, 0.2) is 18.2 Å². The second kappa shape index (κ2) is 4.99. The average Bonchev–Trinajstić information content (AvgIpc) is 2.16. The molecule has 0 atom stereocenters. The molecule has 0 aliphatic heterocycles. The largest absolute Gasteiger partial charge is 0.465 e. The van der Waals surface area contributed by atoms with Crippen LogP contribution in [0.3, 0.4) is 0 Å². The molecule has 0 bridgehead atoms. The molecule has 0 heterocycles. The van der Waals surface area contributed by atoms with E-state index in [1.807, 2.05) is 28.9 Å². The van der Waals surface area contributed by atoms with Gasteiger partial charge in [-0.3, -0.25) is 0 Å². The van der Waals surface area contributed by atoms with Crippen LogP contribution in [0.4, 0.5) is 5.69 Å². The third kappa shape index (κ3) is 2.70. The predicted octanol–water partition coefficient (Wildman–Crippen LogP) is 2.84. The first-order chi connectivity index (χ1) is 6.19. The van der Waals surface area contributed by atoms with E-state index in [0.29, 0.717) is 5.56 Å². The zero-order valence-electron chi connectivity index (χ0n) is 6.80. The zero-order valence-corrected chi connectivity index (χ0v) is 11.1. The molecular weight excluding hydrogens is 396 g/mol. The number of esters is 1. The van der Waals surface area contributed by atoms with Crippen molar-refractivity contribution in [2.75, 3.05) is 10.6 Å². The minimum Gasteiger partial charge on any atom is -0.465 e. The summed E-state index contributed by atoms with van der Waals surface area (Å²) in [6.45, 7) is 0. The fourth-order valence-corrected chi connectivity index (χ4v) is 2.47. The summed E-state index contributed by atoms with van der Waals surface area (Å²) in [6, 6.07) is 5.36. The van der Waals surface area contributed by atoms with Gasteiger partial charge in [0.2, 0.25) is 0 Å². The lowest BCUT2D eigenvalue weighted by molar-refractivity contribution is 0.0600. The molecule has 0 amide bonds. The second-order valence-electron chi connectivity index (χ2n) is 2.28. The summed E-state index contributed by atoms with van der Waals surface area (Å²) in [5, 5.41) is 0. The number of hydrogen-bond donors (Lipinski definition) is 1. The maximum Gasteiger partial charge on any atom is 0.337 e. The molecule has 0 aliphatic rings. The van der Waals surface area contributed by atoms with Gasteiger partial charge in [-0.15, -0.1) is 0 Å². The van der Waals surface area contributed by atoms with Crippen LogP contribution in [0.25, 0.3) is 0 Å². The highest BCUT2D eigenvalue weighted by molar-refractivity contribution is 14.1. The molecule has 1 N–H and O–H groups in total. The van der Waals surface area contributed by atoms with Gasteiger partial charge in [0, 0.05) is 3.57 Å². The Morgan fingerprint density at radius 1 is 1.54 bits per heavy atom. The smallest absolute Gasteiger partial charge is 0.337 e. The van der Waals surface area contributed by atoms with Crippen molar-refractivity contribution in [3.63, 3.8) is 0 Å². The van der Waals surface area contributed by atoms with E-state index in [-0.39, 0.29) is 5.97 Å². The summed E-state index contributed by atoms with van der Waals surface area (Å²) in [7, 11) is 1.37. The molecular formula is C8H7I2NO2. The van der Waals surface area contributed by atoms with E-state index < -0.39 is 0 Å². The Kier molecular flexibility index (Phi) is 4.23. The maximum absolute atomic E-state index is 11.1. The van der Waals surface area contributed by atoms with Crippen molar-refractivity contribution in [3.8, 4) is 0 Å². The number of benzene rings is 1. The molecule has 13 heavy (non-hydrogen) atoms. The second-order valence-corrected chi connectivity index (χ2v) is 3.98. The Labute approximate surface area is 104 Å². The monoisotopic (exact) mass is 403 g/mol. The van der Waals surface area contributed by atoms with Gasteiger partial charge in [-0.1, -0.05) is 0 Å². The van der Waals surface area contributed by atoms with Crippen LogP contribution in [0.1, 0.15) is 10.4 Å². The number of nitrogens with one attached hydrogen (secondary N) is 1. The number of hydrogen-bond acceptors (Lipinski definition) is 3. The van der Waals surface area contributed by atoms with Gasteiger partial charge in [-0.05, 0) is 40.8 Å². The zero-order chi connectivity index (χ0) is 9.84. The topological polar surface area (TPSA) is 38.3 Å². The number of rotatable bonds is 2. The summed E-state index contributed by atoms with van der Waals surface area (Å²) in [5.74, 6) is -0.307. The summed E-state index contributed by atoms with van der Waals surface area (Å²) in [4.78, 5) is 11.1. The van der Waals surface area contributed by atoms with Crippen LogP contribution in [0.2, 0.25) is 0 Å². The molecule has 0 aliphatic carbocycles. The van der Waals surface area contributed by atoms with E-state index >= 15 is 0 Å². The highest BCUT2D eigenvalue weighted by Gasteiger charge is 2.07. The molecule has 0 unspecified atom stereocenters. The Bertz CT molecular complexity index is 328. The quantitative estimate of drug-likeness (QED) is 0.469. The molecule has 0 radical (unpaired) electrons.